The van der Waals surface area contributed by atoms with Crippen LogP contribution in [0.15, 0.2) is 41.6 Å². The van der Waals surface area contributed by atoms with Crippen LogP contribution < -0.4 is 5.32 Å². The van der Waals surface area contributed by atoms with Gasteiger partial charge in [-0.2, -0.15) is 0 Å². The smallest absolute Gasteiger partial charge is 0.271 e. The number of carbonyl (C=O) groups excluding carboxylic acids is 1. The maximum Gasteiger partial charge on any atom is 0.271 e. The number of H-pyrrole nitrogens is 1. The van der Waals surface area contributed by atoms with Gasteiger partial charge in [-0.15, -0.1) is 0 Å². The van der Waals surface area contributed by atoms with E-state index in [1.165, 1.54) is 23.9 Å². The molecular weight excluding hydrogens is 387 g/mol. The van der Waals surface area contributed by atoms with Crippen LogP contribution in [-0.4, -0.2) is 26.6 Å². The fourth-order valence-corrected chi connectivity index (χ4v) is 3.11. The van der Waals surface area contributed by atoms with Crippen LogP contribution in [0.5, 0.6) is 0 Å². The summed E-state index contributed by atoms with van der Waals surface area (Å²) in [7, 11) is 0. The van der Waals surface area contributed by atoms with Gasteiger partial charge < -0.3 is 10.3 Å². The standard InChI is InChI=1S/C15H10Cl2N4O3S/c16-9-2-1-3-11(14(9)17)18-13(22)7-25-15-19-10-5-4-8(21(23)24)6-12(10)20-15/h1-6H,7H2,(H,18,22)(H,19,20). The number of fused-ring (bicyclic) bond motifs is 1. The molecule has 0 saturated heterocycles. The number of non-ortho nitro benzene ring substituents is 1. The van der Waals surface area contributed by atoms with E-state index in [1.54, 1.807) is 24.3 Å². The molecule has 25 heavy (non-hydrogen) atoms. The number of amides is 1. The highest BCUT2D eigenvalue weighted by Gasteiger charge is 2.12. The summed E-state index contributed by atoms with van der Waals surface area (Å²) in [5.41, 5.74) is 1.53. The quantitative estimate of drug-likeness (QED) is 0.375. The Morgan fingerprint density at radius 3 is 2.88 bits per heavy atom. The zero-order valence-corrected chi connectivity index (χ0v) is 14.8. The number of nitrogens with one attached hydrogen (secondary N) is 2. The fourth-order valence-electron chi connectivity index (χ4n) is 2.08. The molecule has 0 radical (unpaired) electrons. The summed E-state index contributed by atoms with van der Waals surface area (Å²) in [6, 6.07) is 9.30. The van der Waals surface area contributed by atoms with Crippen molar-refractivity contribution < 1.29 is 9.72 Å². The maximum atomic E-state index is 12.0. The zero-order chi connectivity index (χ0) is 18.0. The van der Waals surface area contributed by atoms with Crippen molar-refractivity contribution in [2.75, 3.05) is 11.1 Å². The first kappa shape index (κ1) is 17.5. The van der Waals surface area contributed by atoms with Crippen molar-refractivity contribution in [3.8, 4) is 0 Å². The molecule has 0 aliphatic carbocycles. The number of halogens is 2. The number of aromatic amines is 1. The highest BCUT2D eigenvalue weighted by molar-refractivity contribution is 7.99. The van der Waals surface area contributed by atoms with E-state index in [9.17, 15) is 14.9 Å². The van der Waals surface area contributed by atoms with Gasteiger partial charge in [-0.3, -0.25) is 14.9 Å². The molecule has 128 valence electrons. The second-order valence-corrected chi connectivity index (χ2v) is 6.69. The second-order valence-electron chi connectivity index (χ2n) is 4.94. The Morgan fingerprint density at radius 2 is 2.12 bits per heavy atom. The number of carbonyl (C=O) groups is 1. The molecule has 2 N–H and O–H groups in total. The third kappa shape index (κ3) is 4.04. The summed E-state index contributed by atoms with van der Waals surface area (Å²) >= 11 is 13.1. The van der Waals surface area contributed by atoms with Gasteiger partial charge in [-0.1, -0.05) is 41.0 Å². The van der Waals surface area contributed by atoms with Crippen LogP contribution >= 0.6 is 35.0 Å². The monoisotopic (exact) mass is 396 g/mol. The molecule has 0 unspecified atom stereocenters. The third-order valence-electron chi connectivity index (χ3n) is 3.22. The lowest BCUT2D eigenvalue weighted by atomic mass is 10.3. The minimum atomic E-state index is -0.477. The molecule has 0 aliphatic rings. The number of nitrogens with zero attached hydrogens (tertiary/aromatic N) is 2. The fraction of sp³-hybridized carbons (Fsp3) is 0.0667. The number of nitro groups is 1. The summed E-state index contributed by atoms with van der Waals surface area (Å²) < 4.78 is 0. The van der Waals surface area contributed by atoms with E-state index in [-0.39, 0.29) is 22.4 Å². The molecule has 3 aromatic rings. The Kier molecular flexibility index (Phi) is 5.12. The highest BCUT2D eigenvalue weighted by atomic mass is 35.5. The first-order chi connectivity index (χ1) is 11.9. The van der Waals surface area contributed by atoms with Crippen LogP contribution in [0.25, 0.3) is 11.0 Å². The number of nitro benzene ring substituents is 1. The van der Waals surface area contributed by atoms with Crippen LogP contribution in [0.3, 0.4) is 0 Å². The number of anilines is 1. The first-order valence-electron chi connectivity index (χ1n) is 6.95. The second kappa shape index (κ2) is 7.30. The molecule has 7 nitrogen and oxygen atoms in total. The Hall–Kier alpha value is -2.29. The summed E-state index contributed by atoms with van der Waals surface area (Å²) in [5, 5.41) is 14.6. The average Bonchev–Trinajstić information content (AvgIpc) is 2.99. The molecule has 3 rings (SSSR count). The molecule has 1 heterocycles. The Bertz CT molecular complexity index is 977. The van der Waals surface area contributed by atoms with E-state index in [0.717, 1.165) is 0 Å². The van der Waals surface area contributed by atoms with Gasteiger partial charge in [0.25, 0.3) is 5.69 Å². The summed E-state index contributed by atoms with van der Waals surface area (Å²) in [6.07, 6.45) is 0. The summed E-state index contributed by atoms with van der Waals surface area (Å²) in [5.74, 6) is -0.189. The van der Waals surface area contributed by atoms with Gasteiger partial charge in [0.15, 0.2) is 5.16 Å². The third-order valence-corrected chi connectivity index (χ3v) is 4.91. The summed E-state index contributed by atoms with van der Waals surface area (Å²) in [4.78, 5) is 29.6. The van der Waals surface area contributed by atoms with E-state index in [0.29, 0.717) is 26.9 Å². The van der Waals surface area contributed by atoms with Crippen molar-refractivity contribution in [2.45, 2.75) is 5.16 Å². The molecule has 1 aromatic heterocycles. The number of aromatic nitrogens is 2. The lowest BCUT2D eigenvalue weighted by Gasteiger charge is -2.07. The van der Waals surface area contributed by atoms with Gasteiger partial charge in [-0.25, -0.2) is 4.98 Å². The molecule has 0 fully saturated rings. The largest absolute Gasteiger partial charge is 0.333 e. The number of benzene rings is 2. The lowest BCUT2D eigenvalue weighted by molar-refractivity contribution is -0.384. The molecule has 0 spiro atoms. The van der Waals surface area contributed by atoms with Crippen molar-refractivity contribution in [3.05, 3.63) is 56.6 Å². The van der Waals surface area contributed by atoms with Crippen LogP contribution in [-0.2, 0) is 4.79 Å². The maximum absolute atomic E-state index is 12.0. The lowest BCUT2D eigenvalue weighted by Crippen LogP contribution is -2.14. The topological polar surface area (TPSA) is 101 Å². The number of rotatable bonds is 5. The molecule has 0 atom stereocenters. The number of hydrogen-bond acceptors (Lipinski definition) is 5. The predicted molar refractivity (Wildman–Crippen MR) is 98.6 cm³/mol. The van der Waals surface area contributed by atoms with Gasteiger partial charge >= 0.3 is 0 Å². The van der Waals surface area contributed by atoms with E-state index in [2.05, 4.69) is 15.3 Å². The van der Waals surface area contributed by atoms with Gasteiger partial charge in [0.1, 0.15) is 0 Å². The minimum Gasteiger partial charge on any atom is -0.333 e. The molecule has 0 aliphatic heterocycles. The normalized spacial score (nSPS) is 10.8. The highest BCUT2D eigenvalue weighted by Crippen LogP contribution is 2.30. The van der Waals surface area contributed by atoms with Crippen molar-refractivity contribution >= 4 is 63.3 Å². The average molecular weight is 397 g/mol. The molecule has 0 bridgehead atoms. The molecule has 0 saturated carbocycles. The Labute approximate surface area is 155 Å². The van der Waals surface area contributed by atoms with Gasteiger partial charge in [0, 0.05) is 12.1 Å². The van der Waals surface area contributed by atoms with Crippen LogP contribution in [0.2, 0.25) is 10.0 Å². The number of hydrogen-bond donors (Lipinski definition) is 2. The Balaban J connectivity index is 1.66. The van der Waals surface area contributed by atoms with E-state index in [1.807, 2.05) is 0 Å². The van der Waals surface area contributed by atoms with Gasteiger partial charge in [-0.05, 0) is 18.2 Å². The number of imidazole rings is 1. The van der Waals surface area contributed by atoms with Crippen LogP contribution in [0, 0.1) is 10.1 Å². The van der Waals surface area contributed by atoms with E-state index < -0.39 is 4.92 Å². The number of thioether (sulfide) groups is 1. The SMILES string of the molecule is O=C(CSc1nc2ccc([N+](=O)[O-])cc2[nH]1)Nc1cccc(Cl)c1Cl. The van der Waals surface area contributed by atoms with Gasteiger partial charge in [0.2, 0.25) is 5.91 Å². The molecule has 1 amide bonds. The van der Waals surface area contributed by atoms with Gasteiger partial charge in [0.05, 0.1) is 37.4 Å². The minimum absolute atomic E-state index is 0.0268. The van der Waals surface area contributed by atoms with E-state index in [4.69, 9.17) is 23.2 Å². The molecular formula is C15H10Cl2N4O3S. The van der Waals surface area contributed by atoms with Crippen molar-refractivity contribution in [1.29, 1.82) is 0 Å². The van der Waals surface area contributed by atoms with Crippen molar-refractivity contribution in [2.24, 2.45) is 0 Å². The predicted octanol–water partition coefficient (Wildman–Crippen LogP) is 4.51. The first-order valence-corrected chi connectivity index (χ1v) is 8.69. The van der Waals surface area contributed by atoms with E-state index >= 15 is 0 Å². The summed E-state index contributed by atoms with van der Waals surface area (Å²) in [6.45, 7) is 0. The zero-order valence-electron chi connectivity index (χ0n) is 12.5. The molecule has 2 aromatic carbocycles. The van der Waals surface area contributed by atoms with Crippen LogP contribution in [0.4, 0.5) is 11.4 Å². The Morgan fingerprint density at radius 1 is 1.32 bits per heavy atom. The van der Waals surface area contributed by atoms with Crippen molar-refractivity contribution in [1.82, 2.24) is 9.97 Å². The molecule has 10 heteroatoms. The van der Waals surface area contributed by atoms with Crippen molar-refractivity contribution in [3.63, 3.8) is 0 Å². The van der Waals surface area contributed by atoms with Crippen LogP contribution in [0.1, 0.15) is 0 Å².